The average Bonchev–Trinajstić information content (AvgIpc) is 2.67. The number of nitrogens with one attached hydrogen (secondary N) is 1. The Morgan fingerprint density at radius 3 is 2.33 bits per heavy atom. The SMILES string of the molecule is CCc1cc(N(CC)CC)nc(SCc2ccc(C(=O)NC(C)C)cc2)n1. The number of carbonyl (C=O) groups excluding carboxylic acids is 1. The van der Waals surface area contributed by atoms with Gasteiger partial charge < -0.3 is 10.2 Å². The number of benzene rings is 1. The number of nitrogens with zero attached hydrogens (tertiary/aromatic N) is 3. The summed E-state index contributed by atoms with van der Waals surface area (Å²) in [5, 5.41) is 3.71. The number of aromatic nitrogens is 2. The molecule has 0 aliphatic heterocycles. The highest BCUT2D eigenvalue weighted by molar-refractivity contribution is 7.98. The van der Waals surface area contributed by atoms with Crippen molar-refractivity contribution in [1.82, 2.24) is 15.3 Å². The van der Waals surface area contributed by atoms with Crippen molar-refractivity contribution in [3.05, 3.63) is 47.2 Å². The molecule has 0 fully saturated rings. The third kappa shape index (κ3) is 6.24. The van der Waals surface area contributed by atoms with E-state index in [1.807, 2.05) is 38.1 Å². The van der Waals surface area contributed by atoms with Crippen LogP contribution in [-0.4, -0.2) is 35.0 Å². The van der Waals surface area contributed by atoms with E-state index in [0.717, 1.165) is 47.5 Å². The van der Waals surface area contributed by atoms with Gasteiger partial charge in [0.2, 0.25) is 0 Å². The molecule has 2 aromatic rings. The van der Waals surface area contributed by atoms with E-state index < -0.39 is 0 Å². The first-order valence-electron chi connectivity index (χ1n) is 9.62. The lowest BCUT2D eigenvalue weighted by atomic mass is 10.1. The molecule has 146 valence electrons. The minimum atomic E-state index is -0.0351. The first kappa shape index (κ1) is 21.2. The maximum absolute atomic E-state index is 12.0. The van der Waals surface area contributed by atoms with Crippen LogP contribution in [0.15, 0.2) is 35.5 Å². The molecule has 2 rings (SSSR count). The maximum atomic E-state index is 12.0. The summed E-state index contributed by atoms with van der Waals surface area (Å²) in [6.45, 7) is 12.2. The fraction of sp³-hybridized carbons (Fsp3) is 0.476. The maximum Gasteiger partial charge on any atom is 0.251 e. The Balaban J connectivity index is 2.07. The van der Waals surface area contributed by atoms with Crippen LogP contribution in [0.25, 0.3) is 0 Å². The summed E-state index contributed by atoms with van der Waals surface area (Å²) >= 11 is 1.63. The second-order valence-corrected chi connectivity index (χ2v) is 7.58. The van der Waals surface area contributed by atoms with Gasteiger partial charge in [0.15, 0.2) is 5.16 Å². The van der Waals surface area contributed by atoms with Crippen LogP contribution in [0.3, 0.4) is 0 Å². The Bertz CT molecular complexity index is 742. The molecule has 0 aliphatic carbocycles. The van der Waals surface area contributed by atoms with Crippen LogP contribution in [0.5, 0.6) is 0 Å². The molecule has 0 aliphatic rings. The quantitative estimate of drug-likeness (QED) is 0.514. The van der Waals surface area contributed by atoms with Crippen LogP contribution in [0, 0.1) is 0 Å². The van der Waals surface area contributed by atoms with Gasteiger partial charge in [0.1, 0.15) is 5.82 Å². The summed E-state index contributed by atoms with van der Waals surface area (Å²) in [5.74, 6) is 1.74. The molecule has 0 radical (unpaired) electrons. The van der Waals surface area contributed by atoms with E-state index in [0.29, 0.717) is 5.56 Å². The van der Waals surface area contributed by atoms with Crippen molar-refractivity contribution in [2.75, 3.05) is 18.0 Å². The van der Waals surface area contributed by atoms with Gasteiger partial charge in [-0.3, -0.25) is 4.79 Å². The number of anilines is 1. The number of thioether (sulfide) groups is 1. The molecule has 0 unspecified atom stereocenters. The summed E-state index contributed by atoms with van der Waals surface area (Å²) < 4.78 is 0. The number of hydrogen-bond acceptors (Lipinski definition) is 5. The molecule has 0 saturated heterocycles. The molecule has 6 heteroatoms. The monoisotopic (exact) mass is 386 g/mol. The van der Waals surface area contributed by atoms with Gasteiger partial charge in [-0.25, -0.2) is 9.97 Å². The summed E-state index contributed by atoms with van der Waals surface area (Å²) in [4.78, 5) is 23.7. The third-order valence-corrected chi connectivity index (χ3v) is 5.12. The standard InChI is InChI=1S/C21H30N4OS/c1-6-18-13-19(25(7-2)8-3)24-21(23-18)27-14-16-9-11-17(12-10-16)20(26)22-15(4)5/h9-13,15H,6-8,14H2,1-5H3,(H,22,26). The van der Waals surface area contributed by atoms with E-state index >= 15 is 0 Å². The van der Waals surface area contributed by atoms with Crippen molar-refractivity contribution in [2.24, 2.45) is 0 Å². The van der Waals surface area contributed by atoms with Gasteiger partial charge >= 0.3 is 0 Å². The molecule has 1 amide bonds. The number of rotatable bonds is 9. The molecule has 0 atom stereocenters. The third-order valence-electron chi connectivity index (χ3n) is 4.20. The minimum Gasteiger partial charge on any atom is -0.357 e. The van der Waals surface area contributed by atoms with Gasteiger partial charge in [-0.05, 0) is 51.8 Å². The molecular weight excluding hydrogens is 356 g/mol. The fourth-order valence-corrected chi connectivity index (χ4v) is 3.49. The fourth-order valence-electron chi connectivity index (χ4n) is 2.66. The lowest BCUT2D eigenvalue weighted by Crippen LogP contribution is -2.29. The topological polar surface area (TPSA) is 58.1 Å². The van der Waals surface area contributed by atoms with Gasteiger partial charge in [-0.15, -0.1) is 0 Å². The largest absolute Gasteiger partial charge is 0.357 e. The van der Waals surface area contributed by atoms with Crippen LogP contribution in [0.2, 0.25) is 0 Å². The molecule has 27 heavy (non-hydrogen) atoms. The first-order valence-corrected chi connectivity index (χ1v) is 10.6. The summed E-state index contributed by atoms with van der Waals surface area (Å²) in [5.41, 5.74) is 2.90. The zero-order valence-electron chi connectivity index (χ0n) is 17.0. The van der Waals surface area contributed by atoms with Gasteiger partial charge in [-0.1, -0.05) is 30.8 Å². The Kier molecular flexibility index (Phi) is 8.10. The smallest absolute Gasteiger partial charge is 0.251 e. The Hall–Kier alpha value is -2.08. The Morgan fingerprint density at radius 1 is 1.11 bits per heavy atom. The van der Waals surface area contributed by atoms with Gasteiger partial charge in [0, 0.05) is 42.2 Å². The highest BCUT2D eigenvalue weighted by Gasteiger charge is 2.10. The van der Waals surface area contributed by atoms with Crippen molar-refractivity contribution in [1.29, 1.82) is 0 Å². The molecule has 0 spiro atoms. The highest BCUT2D eigenvalue weighted by atomic mass is 32.2. The first-order chi connectivity index (χ1) is 13.0. The van der Waals surface area contributed by atoms with Gasteiger partial charge in [-0.2, -0.15) is 0 Å². The zero-order valence-corrected chi connectivity index (χ0v) is 17.8. The van der Waals surface area contributed by atoms with Crippen molar-refractivity contribution in [2.45, 2.75) is 58.0 Å². The molecule has 5 nitrogen and oxygen atoms in total. The second-order valence-electron chi connectivity index (χ2n) is 6.64. The van der Waals surface area contributed by atoms with Crippen molar-refractivity contribution in [3.8, 4) is 0 Å². The van der Waals surface area contributed by atoms with Crippen molar-refractivity contribution in [3.63, 3.8) is 0 Å². The predicted molar refractivity (Wildman–Crippen MR) is 114 cm³/mol. The van der Waals surface area contributed by atoms with Crippen LogP contribution in [0.1, 0.15) is 56.2 Å². The minimum absolute atomic E-state index is 0.0351. The van der Waals surface area contributed by atoms with Gasteiger partial charge in [0.05, 0.1) is 0 Å². The van der Waals surface area contributed by atoms with E-state index in [9.17, 15) is 4.79 Å². The van der Waals surface area contributed by atoms with E-state index in [-0.39, 0.29) is 11.9 Å². The summed E-state index contributed by atoms with van der Waals surface area (Å²) in [6.07, 6.45) is 0.893. The predicted octanol–water partition coefficient (Wildman–Crippen LogP) is 4.32. The molecule has 1 heterocycles. The molecular formula is C21H30N4OS. The van der Waals surface area contributed by atoms with Gasteiger partial charge in [0.25, 0.3) is 5.91 Å². The number of hydrogen-bond donors (Lipinski definition) is 1. The number of carbonyl (C=O) groups is 1. The van der Waals surface area contributed by atoms with Crippen molar-refractivity contribution < 1.29 is 4.79 Å². The highest BCUT2D eigenvalue weighted by Crippen LogP contribution is 2.23. The lowest BCUT2D eigenvalue weighted by molar-refractivity contribution is 0.0943. The van der Waals surface area contributed by atoms with E-state index in [1.54, 1.807) is 11.8 Å². The zero-order chi connectivity index (χ0) is 19.8. The second kappa shape index (κ2) is 10.3. The van der Waals surface area contributed by atoms with E-state index in [4.69, 9.17) is 4.98 Å². The Labute approximate surface area is 167 Å². The van der Waals surface area contributed by atoms with E-state index in [2.05, 4.69) is 42.0 Å². The number of aryl methyl sites for hydroxylation is 1. The molecule has 1 aromatic heterocycles. The van der Waals surface area contributed by atoms with Crippen LogP contribution in [0.4, 0.5) is 5.82 Å². The molecule has 1 N–H and O–H groups in total. The molecule has 0 saturated carbocycles. The lowest BCUT2D eigenvalue weighted by Gasteiger charge is -2.20. The molecule has 1 aromatic carbocycles. The van der Waals surface area contributed by atoms with Crippen LogP contribution >= 0.6 is 11.8 Å². The average molecular weight is 387 g/mol. The Morgan fingerprint density at radius 2 is 1.78 bits per heavy atom. The van der Waals surface area contributed by atoms with E-state index in [1.165, 1.54) is 0 Å². The van der Waals surface area contributed by atoms with Crippen LogP contribution < -0.4 is 10.2 Å². The normalized spacial score (nSPS) is 10.9. The summed E-state index contributed by atoms with van der Waals surface area (Å²) in [6, 6.07) is 9.96. The molecule has 0 bridgehead atoms. The van der Waals surface area contributed by atoms with Crippen molar-refractivity contribution >= 4 is 23.5 Å². The summed E-state index contributed by atoms with van der Waals surface area (Å²) in [7, 11) is 0. The van der Waals surface area contributed by atoms with Crippen LogP contribution in [-0.2, 0) is 12.2 Å². The number of amides is 1.